The average Bonchev–Trinajstić information content (AvgIpc) is 1.64. The number of phenolic OH excluding ortho intramolecular Hbond substituents is 1. The number of pyridine rings is 3. The van der Waals surface area contributed by atoms with Crippen molar-refractivity contribution in [2.45, 2.75) is 91.4 Å². The summed E-state index contributed by atoms with van der Waals surface area (Å²) in [5, 5.41) is 36.0. The van der Waals surface area contributed by atoms with Crippen molar-refractivity contribution in [1.82, 2.24) is 73.0 Å². The molecule has 24 nitrogen and oxygen atoms in total. The Kier molecular flexibility index (Phi) is 24.1. The summed E-state index contributed by atoms with van der Waals surface area (Å²) in [6.45, 7) is 23.1. The number of amides is 5. The molecule has 6 aliphatic rings. The van der Waals surface area contributed by atoms with E-state index >= 15 is 0 Å². The smallest absolute Gasteiger partial charge is 0.410 e. The van der Waals surface area contributed by atoms with Crippen LogP contribution in [0.15, 0.2) is 198 Å². The van der Waals surface area contributed by atoms with Crippen molar-refractivity contribution in [3.63, 3.8) is 0 Å². The van der Waals surface area contributed by atoms with E-state index in [2.05, 4.69) is 198 Å². The number of halogens is 2. The Morgan fingerprint density at radius 2 is 1.03 bits per heavy atom. The summed E-state index contributed by atoms with van der Waals surface area (Å²) in [7, 11) is 1.89. The van der Waals surface area contributed by atoms with Gasteiger partial charge in [-0.05, 0) is 221 Å². The van der Waals surface area contributed by atoms with Gasteiger partial charge in [-0.25, -0.2) is 29.3 Å². The predicted octanol–water partition coefficient (Wildman–Crippen LogP) is 15.9. The molecule has 3 aliphatic heterocycles. The van der Waals surface area contributed by atoms with Gasteiger partial charge >= 0.3 is 18.2 Å². The first-order chi connectivity index (χ1) is 56.5. The molecule has 9 heterocycles. The third-order valence-electron chi connectivity index (χ3n) is 22.3. The molecule has 3 aliphatic carbocycles. The van der Waals surface area contributed by atoms with E-state index in [0.29, 0.717) is 109 Å². The third kappa shape index (κ3) is 18.1. The summed E-state index contributed by atoms with van der Waals surface area (Å²) in [4.78, 5) is 79.3. The van der Waals surface area contributed by atoms with E-state index < -0.39 is 11.7 Å². The van der Waals surface area contributed by atoms with Crippen LogP contribution in [0.4, 0.5) is 25.8 Å². The predicted molar refractivity (Wildman–Crippen MR) is 461 cm³/mol. The Balaban J connectivity index is 0.000000138. The summed E-state index contributed by atoms with van der Waals surface area (Å²) in [6, 6.07) is 45.0. The Morgan fingerprint density at radius 1 is 0.538 bits per heavy atom. The van der Waals surface area contributed by atoms with Crippen LogP contribution >= 0.6 is 31.9 Å². The molecule has 5 aromatic carbocycles. The number of aliphatic hydroxyl groups excluding tert-OH is 1. The number of aliphatic hydroxyl groups is 1. The van der Waals surface area contributed by atoms with Crippen LogP contribution in [0.1, 0.15) is 146 Å². The number of nitrogens with one attached hydrogen (secondary N) is 2. The lowest BCUT2D eigenvalue weighted by molar-refractivity contribution is 0.0117. The minimum Gasteiger partial charge on any atom is -0.508 e. The fourth-order valence-corrected chi connectivity index (χ4v) is 17.0. The summed E-state index contributed by atoms with van der Waals surface area (Å²) in [5.41, 5.74) is 20.8. The van der Waals surface area contributed by atoms with Crippen molar-refractivity contribution in [2.75, 3.05) is 89.2 Å². The molecule has 0 saturated carbocycles. The SMILES string of the molecule is Cc1ccc2c(c1)C(C(O)c1cncn1C)=Cc1cccnc1[C@H]2N1CCN(C(=O)OC(C)(C)C)CC1.Cc1ccc2c(c1)C=C(Cn1ccnc1C)c1cc(Br)cnc1C2N1CCN(C(=O)Nc2ccc(O)cc2)CC1.Cc1nccn1CC1=Cc2ccccc2C(N2CCN(C(=O)Nc3ccc(C#N)cc3)CC2)c2ncc(Br)cc21. The van der Waals surface area contributed by atoms with Crippen molar-refractivity contribution < 1.29 is 29.3 Å². The van der Waals surface area contributed by atoms with Crippen molar-refractivity contribution in [3.8, 4) is 11.8 Å². The maximum absolute atomic E-state index is 13.0. The van der Waals surface area contributed by atoms with Gasteiger partial charge in [-0.2, -0.15) is 5.26 Å². The fraction of sp³-hybridized carbons (Fsp3) is 0.297. The number of allylic oxidation sites excluding steroid dienone is 2. The maximum atomic E-state index is 13.0. The molecule has 5 amide bonds. The number of hydrogen-bond donors (Lipinski definition) is 4. The molecule has 0 bridgehead atoms. The van der Waals surface area contributed by atoms with Gasteiger partial charge in [-0.3, -0.25) is 29.7 Å². The number of benzene rings is 5. The van der Waals surface area contributed by atoms with Gasteiger partial charge in [0.15, 0.2) is 0 Å². The lowest BCUT2D eigenvalue weighted by atomic mass is 9.89. The number of nitriles is 1. The number of carbonyl (C=O) groups excluding carboxylic acids is 3. The van der Waals surface area contributed by atoms with Gasteiger partial charge in [0, 0.05) is 173 Å². The first kappa shape index (κ1) is 80.5. The topological polar surface area (TPSA) is 260 Å². The van der Waals surface area contributed by atoms with Crippen LogP contribution < -0.4 is 10.6 Å². The van der Waals surface area contributed by atoms with Crippen LogP contribution in [0.5, 0.6) is 5.75 Å². The average molecular weight is 1700 g/mol. The van der Waals surface area contributed by atoms with Gasteiger partial charge < -0.3 is 54.0 Å². The summed E-state index contributed by atoms with van der Waals surface area (Å²) in [6.07, 6.45) is 22.2. The lowest BCUT2D eigenvalue weighted by Crippen LogP contribution is -2.51. The van der Waals surface area contributed by atoms with Crippen molar-refractivity contribution in [3.05, 3.63) is 299 Å². The molecule has 3 saturated heterocycles. The van der Waals surface area contributed by atoms with Crippen LogP contribution in [-0.2, 0) is 24.9 Å². The molecule has 3 unspecified atom stereocenters. The number of phenols is 1. The maximum Gasteiger partial charge on any atom is 0.410 e. The molecule has 0 radical (unpaired) electrons. The number of aromatic hydroxyl groups is 1. The lowest BCUT2D eigenvalue weighted by Gasteiger charge is -2.40. The number of anilines is 2. The number of nitrogens with zero attached hydrogens (tertiary/aromatic N) is 16. The molecule has 0 spiro atoms. The standard InChI is InChI=1S/C31H28BrN7O.C31H31BrN6O2.C29H35N5O3/c1-21-34-10-11-39(21)20-24-16-23-4-2-3-5-27(23)30(29-28(24)17-25(32)19-35-29)37-12-14-38(15-13-37)31(40)36-26-8-6-22(18-33)7-9-26;1-20-3-8-27-22(15-20)16-23(19-38-10-9-33-21(38)2)28-17-24(32)18-34-29(28)30(27)36-11-13-37(14-12-36)31(40)35-25-4-6-26(39)7-5-25;1-19-8-9-21-22(15-19)23(27(35)24-17-30-18-32(24)5)16-20-7-6-10-31-25(20)26(21)33-11-13-34(14-12-33)28(36)37-29(2,3)4/h2-11,16-17,19,30H,12-15,20H2,1H3,(H,36,40);3-10,15-18,30,39H,11-14,19H2,1-2H3,(H,35,40);6-10,15-18,26-27,35H,11-14H2,1-5H3/t;;26-,27?/m..0/s1. The Labute approximate surface area is 698 Å². The third-order valence-corrected chi connectivity index (χ3v) is 23.2. The van der Waals surface area contributed by atoms with E-state index in [0.717, 1.165) is 82.3 Å². The molecule has 4 N–H and O–H groups in total. The monoisotopic (exact) mass is 1690 g/mol. The first-order valence-corrected chi connectivity index (χ1v) is 41.0. The van der Waals surface area contributed by atoms with Crippen LogP contribution in [0.25, 0.3) is 34.9 Å². The molecular formula is C91H94Br2N18O6. The fourth-order valence-electron chi connectivity index (χ4n) is 16.3. The van der Waals surface area contributed by atoms with Crippen molar-refractivity contribution in [2.24, 2.45) is 7.05 Å². The Hall–Kier alpha value is -11.7. The van der Waals surface area contributed by atoms with E-state index in [1.807, 2.05) is 105 Å². The quantitative estimate of drug-likeness (QED) is 0.0877. The first-order valence-electron chi connectivity index (χ1n) is 39.4. The van der Waals surface area contributed by atoms with E-state index in [1.165, 1.54) is 39.0 Å². The normalized spacial score (nSPS) is 17.5. The summed E-state index contributed by atoms with van der Waals surface area (Å²) in [5.74, 6) is 2.11. The number of hydrogen-bond acceptors (Lipinski definition) is 16. The number of aromatic nitrogens is 9. The van der Waals surface area contributed by atoms with Crippen LogP contribution in [0.3, 0.4) is 0 Å². The van der Waals surface area contributed by atoms with Gasteiger partial charge in [0.2, 0.25) is 0 Å². The molecule has 6 aromatic heterocycles. The number of ether oxygens (including phenoxy) is 1. The van der Waals surface area contributed by atoms with Gasteiger partial charge in [0.25, 0.3) is 0 Å². The zero-order valence-electron chi connectivity index (χ0n) is 66.8. The van der Waals surface area contributed by atoms with Gasteiger partial charge in [-0.1, -0.05) is 77.9 Å². The van der Waals surface area contributed by atoms with Crippen LogP contribution in [-0.4, -0.2) is 186 Å². The molecule has 4 atom stereocenters. The van der Waals surface area contributed by atoms with E-state index in [-0.39, 0.29) is 42.0 Å². The molecule has 598 valence electrons. The zero-order valence-corrected chi connectivity index (χ0v) is 69.9. The molecular weight excluding hydrogens is 1600 g/mol. The number of piperazine rings is 3. The van der Waals surface area contributed by atoms with E-state index in [4.69, 9.17) is 25.0 Å². The van der Waals surface area contributed by atoms with Gasteiger partial charge in [-0.15, -0.1) is 0 Å². The number of imidazole rings is 3. The molecule has 3 fully saturated rings. The summed E-state index contributed by atoms with van der Waals surface area (Å²) < 4.78 is 13.7. The van der Waals surface area contributed by atoms with Crippen LogP contribution in [0.2, 0.25) is 0 Å². The number of urea groups is 2. The van der Waals surface area contributed by atoms with Crippen LogP contribution in [0, 0.1) is 39.0 Å². The highest BCUT2D eigenvalue weighted by atomic mass is 79.9. The highest BCUT2D eigenvalue weighted by molar-refractivity contribution is 9.10. The number of rotatable bonds is 11. The van der Waals surface area contributed by atoms with E-state index in [9.17, 15) is 24.6 Å². The second-order valence-electron chi connectivity index (χ2n) is 31.3. The van der Waals surface area contributed by atoms with E-state index in [1.54, 1.807) is 66.0 Å². The molecule has 26 heteroatoms. The molecule has 11 aromatic rings. The Bertz CT molecular complexity index is 5640. The molecule has 17 rings (SSSR count). The Morgan fingerprint density at radius 3 is 1.56 bits per heavy atom. The number of fused-ring (bicyclic) bond motifs is 6. The van der Waals surface area contributed by atoms with Gasteiger partial charge in [0.05, 0.1) is 65.1 Å². The highest BCUT2D eigenvalue weighted by Crippen LogP contribution is 2.46. The van der Waals surface area contributed by atoms with Crippen molar-refractivity contribution in [1.29, 1.82) is 5.26 Å². The van der Waals surface area contributed by atoms with Gasteiger partial charge in [0.1, 0.15) is 29.1 Å². The number of carbonyl (C=O) groups is 3. The van der Waals surface area contributed by atoms with Crippen molar-refractivity contribution >= 4 is 96.3 Å². The summed E-state index contributed by atoms with van der Waals surface area (Å²) >= 11 is 7.32. The highest BCUT2D eigenvalue weighted by Gasteiger charge is 2.39. The largest absolute Gasteiger partial charge is 0.508 e. The minimum atomic E-state index is -0.844. The molecule has 117 heavy (non-hydrogen) atoms. The second kappa shape index (κ2) is 35.0. The minimum absolute atomic E-state index is 0.0410. The number of aryl methyl sites for hydroxylation is 5. The zero-order chi connectivity index (χ0) is 81.8. The second-order valence-corrected chi connectivity index (χ2v) is 33.2.